The van der Waals surface area contributed by atoms with Gasteiger partial charge in [-0.25, -0.2) is 4.79 Å². The minimum Gasteiger partial charge on any atom is -0.497 e. The number of carbonyl (C=O) groups excluding carboxylic acids is 1. The molecule has 0 aliphatic carbocycles. The lowest BCUT2D eigenvalue weighted by Crippen LogP contribution is -2.36. The van der Waals surface area contributed by atoms with Crippen molar-refractivity contribution in [1.29, 1.82) is 0 Å². The predicted molar refractivity (Wildman–Crippen MR) is 68.8 cm³/mol. The number of halogens is 4. The monoisotopic (exact) mass is 374 g/mol. The first-order chi connectivity index (χ1) is 8.30. The zero-order valence-corrected chi connectivity index (χ0v) is 11.4. The molecule has 1 aromatic rings. The first-order valence-corrected chi connectivity index (χ1v) is 5.84. The van der Waals surface area contributed by atoms with Crippen molar-refractivity contribution in [2.24, 2.45) is 0 Å². The van der Waals surface area contributed by atoms with E-state index in [9.17, 15) is 18.0 Å². The van der Waals surface area contributed by atoms with Crippen molar-refractivity contribution in [3.8, 4) is 5.75 Å². The molecule has 1 aromatic carbocycles. The molecule has 0 aliphatic heterocycles. The van der Waals surface area contributed by atoms with Gasteiger partial charge in [0.25, 0.3) is 0 Å². The SMILES string of the molecule is COc1cc(I)cc(NC(=O)NCC(F)(F)F)c1. The minimum atomic E-state index is -4.43. The number of carbonyl (C=O) groups is 1. The average Bonchev–Trinajstić information content (AvgIpc) is 2.24. The van der Waals surface area contributed by atoms with Crippen molar-refractivity contribution < 1.29 is 22.7 Å². The van der Waals surface area contributed by atoms with Gasteiger partial charge in [0.1, 0.15) is 12.3 Å². The zero-order valence-electron chi connectivity index (χ0n) is 9.27. The highest BCUT2D eigenvalue weighted by Gasteiger charge is 2.27. The van der Waals surface area contributed by atoms with E-state index in [1.165, 1.54) is 13.2 Å². The van der Waals surface area contributed by atoms with Gasteiger partial charge in [-0.15, -0.1) is 0 Å². The van der Waals surface area contributed by atoms with Crippen LogP contribution in [0.5, 0.6) is 5.75 Å². The highest BCUT2D eigenvalue weighted by molar-refractivity contribution is 14.1. The zero-order chi connectivity index (χ0) is 13.8. The lowest BCUT2D eigenvalue weighted by molar-refractivity contribution is -0.122. The molecule has 0 spiro atoms. The van der Waals surface area contributed by atoms with Gasteiger partial charge in [-0.1, -0.05) is 0 Å². The summed E-state index contributed by atoms with van der Waals surface area (Å²) in [6.07, 6.45) is -4.43. The summed E-state index contributed by atoms with van der Waals surface area (Å²) in [6, 6.07) is 3.92. The highest BCUT2D eigenvalue weighted by atomic mass is 127. The molecule has 0 aromatic heterocycles. The lowest BCUT2D eigenvalue weighted by atomic mass is 10.3. The molecule has 0 saturated heterocycles. The average molecular weight is 374 g/mol. The molecule has 0 atom stereocenters. The summed E-state index contributed by atoms with van der Waals surface area (Å²) < 4.78 is 41.4. The molecule has 4 nitrogen and oxygen atoms in total. The molecule has 0 saturated carbocycles. The summed E-state index contributed by atoms with van der Waals surface area (Å²) in [5, 5.41) is 4.00. The van der Waals surface area contributed by atoms with Crippen LogP contribution in [-0.2, 0) is 0 Å². The fourth-order valence-electron chi connectivity index (χ4n) is 1.11. The summed E-state index contributed by atoms with van der Waals surface area (Å²) in [7, 11) is 1.46. The van der Waals surface area contributed by atoms with Gasteiger partial charge in [0.2, 0.25) is 0 Å². The molecule has 0 radical (unpaired) electrons. The molecule has 0 unspecified atom stereocenters. The molecule has 18 heavy (non-hydrogen) atoms. The maximum Gasteiger partial charge on any atom is 0.405 e. The van der Waals surface area contributed by atoms with E-state index in [-0.39, 0.29) is 0 Å². The van der Waals surface area contributed by atoms with E-state index in [2.05, 4.69) is 5.32 Å². The normalized spacial score (nSPS) is 10.9. The van der Waals surface area contributed by atoms with Crippen molar-refractivity contribution in [2.45, 2.75) is 6.18 Å². The third-order valence-electron chi connectivity index (χ3n) is 1.81. The Hall–Kier alpha value is -1.19. The van der Waals surface area contributed by atoms with E-state index in [4.69, 9.17) is 4.74 Å². The third-order valence-corrected chi connectivity index (χ3v) is 2.44. The highest BCUT2D eigenvalue weighted by Crippen LogP contribution is 2.22. The Balaban J connectivity index is 2.61. The Bertz CT molecular complexity index is 438. The lowest BCUT2D eigenvalue weighted by Gasteiger charge is -2.11. The summed E-state index contributed by atoms with van der Waals surface area (Å²) in [4.78, 5) is 11.2. The Kier molecular flexibility index (Phi) is 5.05. The Labute approximate surface area is 115 Å². The van der Waals surface area contributed by atoms with Crippen LogP contribution in [0.1, 0.15) is 0 Å². The van der Waals surface area contributed by atoms with Gasteiger partial charge in [-0.05, 0) is 34.7 Å². The second-order valence-electron chi connectivity index (χ2n) is 3.30. The van der Waals surface area contributed by atoms with E-state index < -0.39 is 18.8 Å². The van der Waals surface area contributed by atoms with Crippen molar-refractivity contribution >= 4 is 34.3 Å². The fraction of sp³-hybridized carbons (Fsp3) is 0.300. The molecule has 0 bridgehead atoms. The van der Waals surface area contributed by atoms with Gasteiger partial charge < -0.3 is 15.4 Å². The number of urea groups is 1. The Morgan fingerprint density at radius 3 is 2.61 bits per heavy atom. The van der Waals surface area contributed by atoms with Crippen LogP contribution in [0.2, 0.25) is 0 Å². The van der Waals surface area contributed by atoms with Gasteiger partial charge in [-0.2, -0.15) is 13.2 Å². The molecule has 2 N–H and O–H groups in total. The number of rotatable bonds is 3. The van der Waals surface area contributed by atoms with Crippen LogP contribution in [0.15, 0.2) is 18.2 Å². The van der Waals surface area contributed by atoms with Crippen molar-refractivity contribution in [1.82, 2.24) is 5.32 Å². The van der Waals surface area contributed by atoms with Crippen LogP contribution < -0.4 is 15.4 Å². The molecule has 2 amide bonds. The quantitative estimate of drug-likeness (QED) is 0.800. The summed E-state index contributed by atoms with van der Waals surface area (Å²) in [6.45, 7) is -1.38. The van der Waals surface area contributed by atoms with Crippen LogP contribution in [-0.4, -0.2) is 25.9 Å². The predicted octanol–water partition coefficient (Wildman–Crippen LogP) is 2.98. The topological polar surface area (TPSA) is 50.4 Å². The summed E-state index contributed by atoms with van der Waals surface area (Å²) in [5.74, 6) is 0.507. The first kappa shape index (κ1) is 14.9. The summed E-state index contributed by atoms with van der Waals surface area (Å²) >= 11 is 2.00. The standard InChI is InChI=1S/C10H10F3IN2O2/c1-18-8-3-6(14)2-7(4-8)16-9(17)15-5-10(11,12)13/h2-4H,5H2,1H3,(H2,15,16,17). The number of benzene rings is 1. The van der Waals surface area contributed by atoms with E-state index in [1.54, 1.807) is 17.4 Å². The molecule has 0 aliphatic rings. The Morgan fingerprint density at radius 2 is 2.06 bits per heavy atom. The smallest absolute Gasteiger partial charge is 0.405 e. The van der Waals surface area contributed by atoms with Crippen LogP contribution in [0.25, 0.3) is 0 Å². The number of ether oxygens (including phenoxy) is 1. The first-order valence-electron chi connectivity index (χ1n) is 4.76. The fourth-order valence-corrected chi connectivity index (χ4v) is 1.75. The van der Waals surface area contributed by atoms with E-state index in [1.807, 2.05) is 22.6 Å². The molecular formula is C10H10F3IN2O2. The Morgan fingerprint density at radius 1 is 1.39 bits per heavy atom. The number of amides is 2. The maximum atomic E-state index is 11.9. The van der Waals surface area contributed by atoms with Crippen molar-refractivity contribution in [3.63, 3.8) is 0 Å². The second kappa shape index (κ2) is 6.12. The van der Waals surface area contributed by atoms with E-state index in [0.29, 0.717) is 11.4 Å². The van der Waals surface area contributed by atoms with Crippen LogP contribution in [0.3, 0.4) is 0 Å². The van der Waals surface area contributed by atoms with Gasteiger partial charge in [0.05, 0.1) is 7.11 Å². The minimum absolute atomic E-state index is 0.360. The number of hydrogen-bond donors (Lipinski definition) is 2. The van der Waals surface area contributed by atoms with Gasteiger partial charge in [-0.3, -0.25) is 0 Å². The largest absolute Gasteiger partial charge is 0.497 e. The van der Waals surface area contributed by atoms with Crippen LogP contribution in [0, 0.1) is 3.57 Å². The number of hydrogen-bond acceptors (Lipinski definition) is 2. The number of alkyl halides is 3. The maximum absolute atomic E-state index is 11.9. The van der Waals surface area contributed by atoms with E-state index in [0.717, 1.165) is 3.57 Å². The van der Waals surface area contributed by atoms with Gasteiger partial charge in [0.15, 0.2) is 0 Å². The number of anilines is 1. The number of nitrogens with one attached hydrogen (secondary N) is 2. The second-order valence-corrected chi connectivity index (χ2v) is 4.55. The third kappa shape index (κ3) is 5.43. The molecule has 8 heteroatoms. The van der Waals surface area contributed by atoms with Gasteiger partial charge >= 0.3 is 12.2 Å². The van der Waals surface area contributed by atoms with Crippen molar-refractivity contribution in [2.75, 3.05) is 19.0 Å². The molecule has 0 fully saturated rings. The van der Waals surface area contributed by atoms with Gasteiger partial charge in [0, 0.05) is 15.3 Å². The van der Waals surface area contributed by atoms with E-state index >= 15 is 0 Å². The molecular weight excluding hydrogens is 364 g/mol. The molecule has 1 rings (SSSR count). The molecule has 0 heterocycles. The molecule has 100 valence electrons. The van der Waals surface area contributed by atoms with Crippen LogP contribution >= 0.6 is 22.6 Å². The summed E-state index contributed by atoms with van der Waals surface area (Å²) in [5.41, 5.74) is 0.360. The van der Waals surface area contributed by atoms with Crippen molar-refractivity contribution in [3.05, 3.63) is 21.8 Å². The van der Waals surface area contributed by atoms with Crippen LogP contribution in [0.4, 0.5) is 23.7 Å². The number of methoxy groups -OCH3 is 1.